The highest BCUT2D eigenvalue weighted by molar-refractivity contribution is 5.89. The highest BCUT2D eigenvalue weighted by atomic mass is 19.1. The van der Waals surface area contributed by atoms with Crippen LogP contribution < -0.4 is 5.32 Å². The van der Waals surface area contributed by atoms with Gasteiger partial charge in [0.1, 0.15) is 17.2 Å². The number of carbonyl (C=O) groups is 1. The number of aryl methyl sites for hydroxylation is 1. The van der Waals surface area contributed by atoms with Crippen LogP contribution in [0.1, 0.15) is 5.56 Å². The Morgan fingerprint density at radius 2 is 1.71 bits per heavy atom. The van der Waals surface area contributed by atoms with E-state index < -0.39 is 0 Å². The maximum absolute atomic E-state index is 13.1. The third-order valence-corrected chi connectivity index (χ3v) is 6.21. The van der Waals surface area contributed by atoms with Crippen LogP contribution in [0.25, 0.3) is 22.6 Å². The van der Waals surface area contributed by atoms with E-state index in [1.54, 1.807) is 23.2 Å². The molecule has 2 aromatic carbocycles. The van der Waals surface area contributed by atoms with Gasteiger partial charge in [0.25, 0.3) is 0 Å². The van der Waals surface area contributed by atoms with Crippen LogP contribution in [0.4, 0.5) is 14.9 Å². The molecule has 2 amide bonds. The van der Waals surface area contributed by atoms with Gasteiger partial charge in [-0.25, -0.2) is 19.2 Å². The van der Waals surface area contributed by atoms with Gasteiger partial charge in [0, 0.05) is 56.7 Å². The number of benzene rings is 2. The van der Waals surface area contributed by atoms with Crippen molar-refractivity contribution in [2.24, 2.45) is 0 Å². The summed E-state index contributed by atoms with van der Waals surface area (Å²) in [5.41, 5.74) is 4.66. The van der Waals surface area contributed by atoms with E-state index in [0.717, 1.165) is 48.7 Å². The molecule has 8 heteroatoms. The Labute approximate surface area is 197 Å². The lowest BCUT2D eigenvalue weighted by Crippen LogP contribution is -2.50. The number of anilines is 1. The number of urea groups is 1. The van der Waals surface area contributed by atoms with Crippen molar-refractivity contribution in [3.8, 4) is 11.4 Å². The van der Waals surface area contributed by atoms with Gasteiger partial charge in [-0.15, -0.1) is 0 Å². The Morgan fingerprint density at radius 1 is 0.971 bits per heavy atom. The van der Waals surface area contributed by atoms with Crippen molar-refractivity contribution >= 4 is 22.9 Å². The first-order chi connectivity index (χ1) is 16.6. The van der Waals surface area contributed by atoms with Crippen molar-refractivity contribution in [2.75, 3.05) is 38.0 Å². The van der Waals surface area contributed by atoms with Gasteiger partial charge in [0.05, 0.1) is 0 Å². The van der Waals surface area contributed by atoms with Crippen LogP contribution in [-0.2, 0) is 6.54 Å². The van der Waals surface area contributed by atoms with Crippen LogP contribution in [0.2, 0.25) is 0 Å². The molecule has 34 heavy (non-hydrogen) atoms. The third-order valence-electron chi connectivity index (χ3n) is 6.21. The smallest absolute Gasteiger partial charge is 0.321 e. The van der Waals surface area contributed by atoms with Crippen molar-refractivity contribution in [3.05, 3.63) is 78.2 Å². The Bertz CT molecular complexity index is 1280. The van der Waals surface area contributed by atoms with Gasteiger partial charge >= 0.3 is 6.03 Å². The fourth-order valence-corrected chi connectivity index (χ4v) is 4.25. The second-order valence-corrected chi connectivity index (χ2v) is 8.56. The first-order valence-corrected chi connectivity index (χ1v) is 11.5. The van der Waals surface area contributed by atoms with E-state index in [4.69, 9.17) is 4.98 Å². The van der Waals surface area contributed by atoms with Crippen LogP contribution in [0.5, 0.6) is 0 Å². The molecule has 3 heterocycles. The zero-order valence-corrected chi connectivity index (χ0v) is 19.1. The minimum absolute atomic E-state index is 0.155. The zero-order chi connectivity index (χ0) is 23.5. The van der Waals surface area contributed by atoms with Crippen LogP contribution in [0.3, 0.4) is 0 Å². The number of rotatable bonds is 5. The number of carbonyl (C=O) groups excluding carboxylic acids is 1. The molecule has 1 aliphatic heterocycles. The van der Waals surface area contributed by atoms with Crippen molar-refractivity contribution in [2.45, 2.75) is 13.5 Å². The van der Waals surface area contributed by atoms with Gasteiger partial charge in [-0.2, -0.15) is 0 Å². The van der Waals surface area contributed by atoms with E-state index in [2.05, 4.69) is 51.0 Å². The molecule has 0 atom stereocenters. The van der Waals surface area contributed by atoms with E-state index in [0.29, 0.717) is 18.8 Å². The molecule has 1 saturated heterocycles. The van der Waals surface area contributed by atoms with E-state index >= 15 is 0 Å². The average Bonchev–Trinajstić information content (AvgIpc) is 3.23. The molecule has 0 bridgehead atoms. The molecular formula is C26H27FN6O. The highest BCUT2D eigenvalue weighted by Gasteiger charge is 2.22. The van der Waals surface area contributed by atoms with Crippen molar-refractivity contribution in [1.29, 1.82) is 0 Å². The van der Waals surface area contributed by atoms with Crippen molar-refractivity contribution in [1.82, 2.24) is 24.3 Å². The van der Waals surface area contributed by atoms with E-state index in [1.807, 2.05) is 12.1 Å². The molecule has 0 saturated carbocycles. The lowest BCUT2D eigenvalue weighted by molar-refractivity contribution is 0.145. The summed E-state index contributed by atoms with van der Waals surface area (Å²) in [6, 6.07) is 18.0. The summed E-state index contributed by atoms with van der Waals surface area (Å²) in [6.07, 6.45) is 1.80. The molecule has 0 radical (unpaired) electrons. The zero-order valence-electron chi connectivity index (χ0n) is 19.1. The molecular weight excluding hydrogens is 431 g/mol. The number of halogens is 1. The van der Waals surface area contributed by atoms with Crippen LogP contribution in [0, 0.1) is 12.7 Å². The summed E-state index contributed by atoms with van der Waals surface area (Å²) in [4.78, 5) is 26.2. The maximum atomic E-state index is 13.1. The summed E-state index contributed by atoms with van der Waals surface area (Å²) < 4.78 is 15.3. The summed E-state index contributed by atoms with van der Waals surface area (Å²) >= 11 is 0. The number of amides is 2. The normalized spacial score (nSPS) is 14.5. The maximum Gasteiger partial charge on any atom is 0.321 e. The summed E-state index contributed by atoms with van der Waals surface area (Å²) in [6.45, 7) is 6.54. The first-order valence-electron chi connectivity index (χ1n) is 11.5. The molecule has 5 rings (SSSR count). The number of imidazole rings is 1. The van der Waals surface area contributed by atoms with Gasteiger partial charge in [-0.1, -0.05) is 29.8 Å². The number of aromatic nitrogens is 3. The highest BCUT2D eigenvalue weighted by Crippen LogP contribution is 2.24. The van der Waals surface area contributed by atoms with Gasteiger partial charge in [0.15, 0.2) is 5.65 Å². The monoisotopic (exact) mass is 458 g/mol. The first kappa shape index (κ1) is 22.0. The molecule has 7 nitrogen and oxygen atoms in total. The number of hydrogen-bond acceptors (Lipinski definition) is 4. The topological polar surface area (TPSA) is 66.3 Å². The SMILES string of the molecule is Cc1ccc(-c2nc3cccnc3n2CCN2CCN(C(=O)Nc3ccc(F)cc3)CC2)cc1. The van der Waals surface area contributed by atoms with E-state index in [9.17, 15) is 9.18 Å². The van der Waals surface area contributed by atoms with Gasteiger partial charge in [-0.05, 0) is 43.3 Å². The van der Waals surface area contributed by atoms with Gasteiger partial charge < -0.3 is 14.8 Å². The second-order valence-electron chi connectivity index (χ2n) is 8.56. The van der Waals surface area contributed by atoms with Crippen LogP contribution in [-0.4, -0.2) is 63.1 Å². The quantitative estimate of drug-likeness (QED) is 0.482. The number of nitrogens with one attached hydrogen (secondary N) is 1. The number of nitrogens with zero attached hydrogens (tertiary/aromatic N) is 5. The lowest BCUT2D eigenvalue weighted by atomic mass is 10.1. The molecule has 2 aromatic heterocycles. The molecule has 4 aromatic rings. The molecule has 0 spiro atoms. The minimum atomic E-state index is -0.321. The predicted molar refractivity (Wildman–Crippen MR) is 131 cm³/mol. The van der Waals surface area contributed by atoms with Gasteiger partial charge in [0.2, 0.25) is 0 Å². The lowest BCUT2D eigenvalue weighted by Gasteiger charge is -2.34. The molecule has 1 aliphatic rings. The Kier molecular flexibility index (Phi) is 6.22. The largest absolute Gasteiger partial charge is 0.322 e. The van der Waals surface area contributed by atoms with E-state index in [1.165, 1.54) is 17.7 Å². The predicted octanol–water partition coefficient (Wildman–Crippen LogP) is 4.40. The van der Waals surface area contributed by atoms with Crippen molar-refractivity contribution < 1.29 is 9.18 Å². The third kappa shape index (κ3) is 4.77. The number of pyridine rings is 1. The summed E-state index contributed by atoms with van der Waals surface area (Å²) in [7, 11) is 0. The number of hydrogen-bond donors (Lipinski definition) is 1. The van der Waals surface area contributed by atoms with E-state index in [-0.39, 0.29) is 11.8 Å². The Hall–Kier alpha value is -3.78. The Balaban J connectivity index is 1.23. The number of piperazine rings is 1. The fraction of sp³-hybridized carbons (Fsp3) is 0.269. The van der Waals surface area contributed by atoms with Crippen LogP contribution in [0.15, 0.2) is 66.9 Å². The van der Waals surface area contributed by atoms with Crippen molar-refractivity contribution in [3.63, 3.8) is 0 Å². The molecule has 174 valence electrons. The average molecular weight is 459 g/mol. The number of fused-ring (bicyclic) bond motifs is 1. The van der Waals surface area contributed by atoms with Gasteiger partial charge in [-0.3, -0.25) is 4.90 Å². The Morgan fingerprint density at radius 3 is 2.44 bits per heavy atom. The summed E-state index contributed by atoms with van der Waals surface area (Å²) in [5.74, 6) is 0.601. The standard InChI is InChI=1S/C26H27FN6O/c1-19-4-6-20(7-5-19)24-30-23-3-2-12-28-25(23)33(24)18-15-31-13-16-32(17-14-31)26(34)29-22-10-8-21(27)9-11-22/h2-12H,13-18H2,1H3,(H,29,34). The fourth-order valence-electron chi connectivity index (χ4n) is 4.25. The van der Waals surface area contributed by atoms with Crippen LogP contribution >= 0.6 is 0 Å². The molecule has 0 unspecified atom stereocenters. The minimum Gasteiger partial charge on any atom is -0.322 e. The molecule has 1 N–H and O–H groups in total. The second kappa shape index (κ2) is 9.61. The molecule has 0 aliphatic carbocycles. The summed E-state index contributed by atoms with van der Waals surface area (Å²) in [5, 5.41) is 2.84. The molecule has 1 fully saturated rings.